The molecule has 0 aromatic carbocycles. The maximum Gasteiger partial charge on any atom is 0.206 e. The van der Waals surface area contributed by atoms with Crippen molar-refractivity contribution in [2.24, 2.45) is 27.8 Å². The summed E-state index contributed by atoms with van der Waals surface area (Å²) in [5.74, 6) is 2.08. The Morgan fingerprint density at radius 2 is 2.00 bits per heavy atom. The highest BCUT2D eigenvalue weighted by molar-refractivity contribution is 7.14. The lowest BCUT2D eigenvalue weighted by Gasteiger charge is -2.17. The fraction of sp³-hybridized carbons (Fsp3) is 0.524. The molecule has 3 aliphatic rings. The molecular weight excluding hydrogens is 358 g/mol. The molecule has 5 rings (SSSR count). The van der Waals surface area contributed by atoms with Crippen LogP contribution in [0.4, 0.5) is 0 Å². The van der Waals surface area contributed by atoms with Crippen molar-refractivity contribution in [1.29, 1.82) is 0 Å². The van der Waals surface area contributed by atoms with Crippen LogP contribution in [0.3, 0.4) is 0 Å². The minimum Gasteiger partial charge on any atom is -0.254 e. The number of thiophene rings is 1. The number of aromatic nitrogens is 1. The molecule has 0 spiro atoms. The van der Waals surface area contributed by atoms with Crippen molar-refractivity contribution in [3.63, 3.8) is 0 Å². The summed E-state index contributed by atoms with van der Waals surface area (Å²) in [7, 11) is 0. The third-order valence-corrected chi connectivity index (χ3v) is 7.75. The average Bonchev–Trinajstić information content (AvgIpc) is 3.45. The molecule has 26 heavy (non-hydrogen) atoms. The van der Waals surface area contributed by atoms with E-state index in [1.165, 1.54) is 55.5 Å². The van der Waals surface area contributed by atoms with Crippen LogP contribution in [0.5, 0.6) is 0 Å². The Hall–Kier alpha value is -1.46. The summed E-state index contributed by atoms with van der Waals surface area (Å²) < 4.78 is 2.11. The summed E-state index contributed by atoms with van der Waals surface area (Å²) in [6.07, 6.45) is 16.0. The molecule has 0 N–H and O–H groups in total. The van der Waals surface area contributed by atoms with E-state index in [-0.39, 0.29) is 0 Å². The standard InChI is InChI=1S/C21H25N3S2/c1-2-5-18(6-3-1)23-21-24(19(14-26-21)20-7-4-10-25-20)22-13-17-12-15-8-9-16(17)11-15/h4,7-10,13-18H,1-3,5-6,11-12H2. The fourth-order valence-corrected chi connectivity index (χ4v) is 6.31. The molecule has 3 unspecified atom stereocenters. The monoisotopic (exact) mass is 383 g/mol. The van der Waals surface area contributed by atoms with E-state index in [0.717, 1.165) is 10.7 Å². The van der Waals surface area contributed by atoms with E-state index in [0.29, 0.717) is 17.9 Å². The molecule has 0 amide bonds. The smallest absolute Gasteiger partial charge is 0.206 e. The molecular formula is C21H25N3S2. The zero-order valence-corrected chi connectivity index (χ0v) is 16.6. The highest BCUT2D eigenvalue weighted by Gasteiger charge is 2.34. The highest BCUT2D eigenvalue weighted by Crippen LogP contribution is 2.42. The van der Waals surface area contributed by atoms with Gasteiger partial charge >= 0.3 is 0 Å². The second-order valence-corrected chi connectivity index (χ2v) is 9.61. The molecule has 3 aliphatic carbocycles. The van der Waals surface area contributed by atoms with Crippen molar-refractivity contribution in [2.75, 3.05) is 0 Å². The van der Waals surface area contributed by atoms with Gasteiger partial charge in [-0.3, -0.25) is 4.99 Å². The zero-order chi connectivity index (χ0) is 17.3. The van der Waals surface area contributed by atoms with Crippen LogP contribution in [0.25, 0.3) is 10.6 Å². The topological polar surface area (TPSA) is 29.6 Å². The molecule has 2 bridgehead atoms. The van der Waals surface area contributed by atoms with Crippen LogP contribution in [-0.4, -0.2) is 16.9 Å². The Morgan fingerprint density at radius 1 is 1.08 bits per heavy atom. The maximum atomic E-state index is 5.10. The van der Waals surface area contributed by atoms with E-state index in [1.54, 1.807) is 22.7 Å². The van der Waals surface area contributed by atoms with Gasteiger partial charge in [0.25, 0.3) is 0 Å². The lowest BCUT2D eigenvalue weighted by molar-refractivity contribution is 0.435. The molecule has 5 heteroatoms. The van der Waals surface area contributed by atoms with Gasteiger partial charge < -0.3 is 0 Å². The number of allylic oxidation sites excluding steroid dienone is 2. The number of fused-ring (bicyclic) bond motifs is 2. The van der Waals surface area contributed by atoms with Gasteiger partial charge in [0, 0.05) is 17.5 Å². The average molecular weight is 384 g/mol. The van der Waals surface area contributed by atoms with Gasteiger partial charge in [0.15, 0.2) is 0 Å². The molecule has 0 aliphatic heterocycles. The van der Waals surface area contributed by atoms with Gasteiger partial charge in [-0.15, -0.1) is 22.7 Å². The van der Waals surface area contributed by atoms with Crippen molar-refractivity contribution < 1.29 is 0 Å². The highest BCUT2D eigenvalue weighted by atomic mass is 32.1. The summed E-state index contributed by atoms with van der Waals surface area (Å²) in [5, 5.41) is 9.34. The van der Waals surface area contributed by atoms with Crippen LogP contribution in [0, 0.1) is 17.8 Å². The SMILES string of the molecule is C1=CC2CC1CC2C=Nn1c(-c2cccs2)csc1=NC1CCCCC1. The minimum atomic E-state index is 0.477. The molecule has 136 valence electrons. The third-order valence-electron chi connectivity index (χ3n) is 6.03. The number of thiazole rings is 1. The first kappa shape index (κ1) is 16.7. The number of hydrogen-bond donors (Lipinski definition) is 0. The second kappa shape index (κ2) is 7.28. The number of nitrogens with zero attached hydrogens (tertiary/aromatic N) is 3. The lowest BCUT2D eigenvalue weighted by Crippen LogP contribution is -2.19. The van der Waals surface area contributed by atoms with E-state index in [2.05, 4.69) is 45.9 Å². The van der Waals surface area contributed by atoms with Crippen molar-refractivity contribution >= 4 is 28.9 Å². The summed E-state index contributed by atoms with van der Waals surface area (Å²) >= 11 is 3.52. The molecule has 0 saturated heterocycles. The minimum absolute atomic E-state index is 0.477. The molecule has 2 aromatic rings. The predicted molar refractivity (Wildman–Crippen MR) is 111 cm³/mol. The summed E-state index contributed by atoms with van der Waals surface area (Å²) in [4.78, 5) is 7.44. The Balaban J connectivity index is 1.49. The van der Waals surface area contributed by atoms with Crippen LogP contribution in [0.2, 0.25) is 0 Å². The van der Waals surface area contributed by atoms with E-state index in [9.17, 15) is 0 Å². The summed E-state index contributed by atoms with van der Waals surface area (Å²) in [6, 6.07) is 4.78. The molecule has 2 fully saturated rings. The molecule has 2 aromatic heterocycles. The fourth-order valence-electron chi connectivity index (χ4n) is 4.61. The Kier molecular flexibility index (Phi) is 4.67. The first-order valence-electron chi connectivity index (χ1n) is 9.88. The maximum absolute atomic E-state index is 5.10. The van der Waals surface area contributed by atoms with Gasteiger partial charge in [-0.2, -0.15) is 5.10 Å². The quantitative estimate of drug-likeness (QED) is 0.489. The van der Waals surface area contributed by atoms with E-state index in [4.69, 9.17) is 10.1 Å². The predicted octanol–water partition coefficient (Wildman–Crippen LogP) is 5.56. The van der Waals surface area contributed by atoms with Crippen LogP contribution >= 0.6 is 22.7 Å². The summed E-state index contributed by atoms with van der Waals surface area (Å²) in [5.41, 5.74) is 1.19. The normalized spacial score (nSPS) is 29.4. The van der Waals surface area contributed by atoms with Crippen LogP contribution in [0.15, 0.2) is 45.1 Å². The van der Waals surface area contributed by atoms with E-state index in [1.807, 2.05) is 0 Å². The Labute approximate surface area is 162 Å². The number of rotatable bonds is 4. The largest absolute Gasteiger partial charge is 0.254 e. The molecule has 0 radical (unpaired) electrons. The van der Waals surface area contributed by atoms with Crippen molar-refractivity contribution in [1.82, 2.24) is 4.68 Å². The van der Waals surface area contributed by atoms with Gasteiger partial charge in [0.2, 0.25) is 4.80 Å². The molecule has 3 nitrogen and oxygen atoms in total. The van der Waals surface area contributed by atoms with Crippen molar-refractivity contribution in [3.05, 3.63) is 39.8 Å². The first-order valence-corrected chi connectivity index (χ1v) is 11.6. The number of hydrogen-bond acceptors (Lipinski definition) is 4. The first-order chi connectivity index (χ1) is 12.9. The molecule has 2 heterocycles. The van der Waals surface area contributed by atoms with Gasteiger partial charge in [-0.25, -0.2) is 4.68 Å². The van der Waals surface area contributed by atoms with E-state index >= 15 is 0 Å². The zero-order valence-electron chi connectivity index (χ0n) is 15.0. The van der Waals surface area contributed by atoms with Crippen molar-refractivity contribution in [2.45, 2.75) is 51.0 Å². The Morgan fingerprint density at radius 3 is 2.73 bits per heavy atom. The molecule has 2 saturated carbocycles. The van der Waals surface area contributed by atoms with Gasteiger partial charge in [0.05, 0.1) is 16.6 Å². The lowest BCUT2D eigenvalue weighted by atomic mass is 9.95. The van der Waals surface area contributed by atoms with Crippen LogP contribution in [-0.2, 0) is 0 Å². The van der Waals surface area contributed by atoms with Gasteiger partial charge in [0.1, 0.15) is 0 Å². The summed E-state index contributed by atoms with van der Waals surface area (Å²) in [6.45, 7) is 0. The van der Waals surface area contributed by atoms with Crippen LogP contribution in [0.1, 0.15) is 44.9 Å². The third kappa shape index (κ3) is 3.27. The Bertz CT molecular complexity index is 865. The second-order valence-electron chi connectivity index (χ2n) is 7.82. The van der Waals surface area contributed by atoms with Gasteiger partial charge in [-0.05, 0) is 49.0 Å². The van der Waals surface area contributed by atoms with Crippen molar-refractivity contribution in [3.8, 4) is 10.6 Å². The van der Waals surface area contributed by atoms with E-state index < -0.39 is 0 Å². The van der Waals surface area contributed by atoms with Gasteiger partial charge in [-0.1, -0.05) is 37.5 Å². The molecule has 3 atom stereocenters. The van der Waals surface area contributed by atoms with Crippen LogP contribution < -0.4 is 4.80 Å².